The average molecular weight is 284 g/mol. The van der Waals surface area contributed by atoms with Crippen molar-refractivity contribution in [3.05, 3.63) is 0 Å². The Morgan fingerprint density at radius 2 is 1.80 bits per heavy atom. The van der Waals surface area contributed by atoms with Crippen molar-refractivity contribution >= 4 is 11.9 Å². The van der Waals surface area contributed by atoms with E-state index in [1.165, 1.54) is 20.0 Å². The van der Waals surface area contributed by atoms with Crippen LogP contribution < -0.4 is 0 Å². The third-order valence-corrected chi connectivity index (χ3v) is 4.06. The number of nitrogens with zero attached hydrogens (tertiary/aromatic N) is 2. The van der Waals surface area contributed by atoms with Crippen LogP contribution in [0.3, 0.4) is 0 Å². The molecular weight excluding hydrogens is 256 g/mol. The number of hydrogen-bond donors (Lipinski definition) is 0. The second-order valence-electron chi connectivity index (χ2n) is 5.58. The lowest BCUT2D eigenvalue weighted by Gasteiger charge is -2.29. The molecule has 1 amide bonds. The van der Waals surface area contributed by atoms with Gasteiger partial charge in [0.15, 0.2) is 0 Å². The zero-order chi connectivity index (χ0) is 15.0. The van der Waals surface area contributed by atoms with Gasteiger partial charge in [0.1, 0.15) is 0 Å². The third-order valence-electron chi connectivity index (χ3n) is 4.06. The monoisotopic (exact) mass is 284 g/mol. The third kappa shape index (κ3) is 5.49. The highest BCUT2D eigenvalue weighted by atomic mass is 16.5. The Balaban J connectivity index is 2.36. The lowest BCUT2D eigenvalue weighted by molar-refractivity contribution is -0.140. The Bertz CT molecular complexity index is 312. The van der Waals surface area contributed by atoms with Crippen LogP contribution in [0, 0.1) is 0 Å². The molecule has 0 aromatic carbocycles. The van der Waals surface area contributed by atoms with E-state index in [1.54, 1.807) is 0 Å². The van der Waals surface area contributed by atoms with Gasteiger partial charge in [0.25, 0.3) is 0 Å². The summed E-state index contributed by atoms with van der Waals surface area (Å²) in [6.07, 6.45) is 5.82. The lowest BCUT2D eigenvalue weighted by Crippen LogP contribution is -2.46. The van der Waals surface area contributed by atoms with Crippen molar-refractivity contribution in [3.63, 3.8) is 0 Å². The molecule has 1 aliphatic rings. The molecule has 0 aromatic heterocycles. The van der Waals surface area contributed by atoms with Crippen molar-refractivity contribution < 1.29 is 14.3 Å². The number of likely N-dealkylation sites (tertiary alicyclic amines) is 1. The molecule has 0 saturated carbocycles. The molecule has 0 radical (unpaired) electrons. The summed E-state index contributed by atoms with van der Waals surface area (Å²) < 4.78 is 4.62. The van der Waals surface area contributed by atoms with Gasteiger partial charge in [0, 0.05) is 19.5 Å². The summed E-state index contributed by atoms with van der Waals surface area (Å²) in [5, 5.41) is 0. The van der Waals surface area contributed by atoms with E-state index in [2.05, 4.69) is 4.74 Å². The number of esters is 1. The summed E-state index contributed by atoms with van der Waals surface area (Å²) in [4.78, 5) is 27.5. The van der Waals surface area contributed by atoms with Gasteiger partial charge in [-0.1, -0.05) is 12.8 Å². The molecule has 116 valence electrons. The summed E-state index contributed by atoms with van der Waals surface area (Å²) in [5.74, 6) is 0.0253. The lowest BCUT2D eigenvalue weighted by atomic mass is 10.2. The Labute approximate surface area is 122 Å². The number of ether oxygens (including phenoxy) is 1. The van der Waals surface area contributed by atoms with Crippen LogP contribution in [-0.4, -0.2) is 61.5 Å². The van der Waals surface area contributed by atoms with E-state index in [0.29, 0.717) is 6.42 Å². The molecule has 1 saturated heterocycles. The van der Waals surface area contributed by atoms with Crippen LogP contribution in [0.2, 0.25) is 0 Å². The summed E-state index contributed by atoms with van der Waals surface area (Å²) in [7, 11) is 3.34. The van der Waals surface area contributed by atoms with E-state index in [4.69, 9.17) is 0 Å². The minimum absolute atomic E-state index is 0.120. The van der Waals surface area contributed by atoms with Gasteiger partial charge < -0.3 is 9.64 Å². The smallest absolute Gasteiger partial charge is 0.305 e. The standard InChI is InChI=1S/C15H28N2O3/c1-13(16(2)10-8-9-14(18)20-3)15(19)17-11-6-4-5-7-12-17/h13H,4-12H2,1-3H3. The Hall–Kier alpha value is -1.10. The predicted molar refractivity (Wildman–Crippen MR) is 78.4 cm³/mol. The number of methoxy groups -OCH3 is 1. The molecule has 1 rings (SSSR count). The van der Waals surface area contributed by atoms with E-state index in [-0.39, 0.29) is 17.9 Å². The maximum absolute atomic E-state index is 12.4. The molecule has 5 nitrogen and oxygen atoms in total. The number of amides is 1. The van der Waals surface area contributed by atoms with Crippen molar-refractivity contribution in [2.45, 2.75) is 51.5 Å². The first-order valence-electron chi connectivity index (χ1n) is 7.62. The van der Waals surface area contributed by atoms with Gasteiger partial charge in [-0.3, -0.25) is 14.5 Å². The highest BCUT2D eigenvalue weighted by Gasteiger charge is 2.24. The highest BCUT2D eigenvalue weighted by molar-refractivity contribution is 5.81. The zero-order valence-corrected chi connectivity index (χ0v) is 13.1. The number of carbonyl (C=O) groups is 2. The molecule has 0 spiro atoms. The normalized spacial score (nSPS) is 17.7. The van der Waals surface area contributed by atoms with E-state index in [0.717, 1.165) is 38.9 Å². The molecule has 1 aliphatic heterocycles. The number of rotatable bonds is 6. The topological polar surface area (TPSA) is 49.9 Å². The molecule has 1 fully saturated rings. The Morgan fingerprint density at radius 1 is 1.20 bits per heavy atom. The molecule has 0 aliphatic carbocycles. The summed E-state index contributed by atoms with van der Waals surface area (Å²) in [5.41, 5.74) is 0. The van der Waals surface area contributed by atoms with Crippen molar-refractivity contribution in [1.82, 2.24) is 9.80 Å². The quantitative estimate of drug-likeness (QED) is 0.696. The summed E-state index contributed by atoms with van der Waals surface area (Å²) in [6, 6.07) is -0.120. The van der Waals surface area contributed by atoms with E-state index in [1.807, 2.05) is 23.8 Å². The maximum Gasteiger partial charge on any atom is 0.305 e. The van der Waals surface area contributed by atoms with Gasteiger partial charge in [-0.15, -0.1) is 0 Å². The van der Waals surface area contributed by atoms with E-state index >= 15 is 0 Å². The highest BCUT2D eigenvalue weighted by Crippen LogP contribution is 2.12. The second-order valence-corrected chi connectivity index (χ2v) is 5.58. The van der Waals surface area contributed by atoms with Gasteiger partial charge in [0.2, 0.25) is 5.91 Å². The second kappa shape index (κ2) is 8.95. The molecule has 0 N–H and O–H groups in total. The van der Waals surface area contributed by atoms with Crippen molar-refractivity contribution in [2.24, 2.45) is 0 Å². The van der Waals surface area contributed by atoms with Gasteiger partial charge >= 0.3 is 5.97 Å². The molecule has 1 heterocycles. The van der Waals surface area contributed by atoms with Crippen LogP contribution in [0.4, 0.5) is 0 Å². The SMILES string of the molecule is COC(=O)CCCN(C)C(C)C(=O)N1CCCCCC1. The molecule has 1 atom stereocenters. The molecule has 0 bridgehead atoms. The van der Waals surface area contributed by atoms with Gasteiger partial charge in [0.05, 0.1) is 13.2 Å². The first kappa shape index (κ1) is 17.0. The zero-order valence-electron chi connectivity index (χ0n) is 13.1. The summed E-state index contributed by atoms with van der Waals surface area (Å²) >= 11 is 0. The predicted octanol–water partition coefficient (Wildman–Crippen LogP) is 1.66. The number of likely N-dealkylation sites (N-methyl/N-ethyl adjacent to an activating group) is 1. The van der Waals surface area contributed by atoms with Crippen LogP contribution in [0.15, 0.2) is 0 Å². The van der Waals surface area contributed by atoms with Crippen LogP contribution in [0.1, 0.15) is 45.4 Å². The van der Waals surface area contributed by atoms with Crippen LogP contribution in [-0.2, 0) is 14.3 Å². The van der Waals surface area contributed by atoms with Crippen molar-refractivity contribution in [1.29, 1.82) is 0 Å². The van der Waals surface area contributed by atoms with E-state index in [9.17, 15) is 9.59 Å². The summed E-state index contributed by atoms with van der Waals surface area (Å²) in [6.45, 7) is 4.46. The molecular formula is C15H28N2O3. The molecule has 1 unspecified atom stereocenters. The molecule has 0 aromatic rings. The van der Waals surface area contributed by atoms with Crippen LogP contribution in [0.25, 0.3) is 0 Å². The minimum atomic E-state index is -0.190. The first-order valence-corrected chi connectivity index (χ1v) is 7.62. The first-order chi connectivity index (χ1) is 9.56. The molecule has 20 heavy (non-hydrogen) atoms. The number of hydrogen-bond acceptors (Lipinski definition) is 4. The maximum atomic E-state index is 12.4. The number of carbonyl (C=O) groups excluding carboxylic acids is 2. The average Bonchev–Trinajstić information content (AvgIpc) is 2.74. The fraction of sp³-hybridized carbons (Fsp3) is 0.867. The largest absolute Gasteiger partial charge is 0.469 e. The van der Waals surface area contributed by atoms with Gasteiger partial charge in [-0.05, 0) is 39.8 Å². The fourth-order valence-corrected chi connectivity index (χ4v) is 2.51. The van der Waals surface area contributed by atoms with Crippen LogP contribution in [0.5, 0.6) is 0 Å². The van der Waals surface area contributed by atoms with Crippen molar-refractivity contribution in [3.8, 4) is 0 Å². The Morgan fingerprint density at radius 3 is 2.35 bits per heavy atom. The Kier molecular flexibility index (Phi) is 7.59. The van der Waals surface area contributed by atoms with Crippen molar-refractivity contribution in [2.75, 3.05) is 33.8 Å². The van der Waals surface area contributed by atoms with E-state index < -0.39 is 0 Å². The minimum Gasteiger partial charge on any atom is -0.469 e. The van der Waals surface area contributed by atoms with Gasteiger partial charge in [-0.25, -0.2) is 0 Å². The van der Waals surface area contributed by atoms with Gasteiger partial charge in [-0.2, -0.15) is 0 Å². The molecule has 5 heteroatoms. The fourth-order valence-electron chi connectivity index (χ4n) is 2.51. The van der Waals surface area contributed by atoms with Crippen LogP contribution >= 0.6 is 0 Å².